The molecule has 8 heteroatoms. The SMILES string of the molecule is CC.COCC1NC(/C=C(/C)C(=N)N2CCC(Oc3ccc(OC)nc3)CC2)=NCC1C. The largest absolute Gasteiger partial charge is 0.489 e. The summed E-state index contributed by atoms with van der Waals surface area (Å²) in [5.41, 5.74) is 0.908. The molecule has 1 aromatic rings. The smallest absolute Gasteiger partial charge is 0.213 e. The summed E-state index contributed by atoms with van der Waals surface area (Å²) >= 11 is 0. The highest BCUT2D eigenvalue weighted by Gasteiger charge is 2.25. The van der Waals surface area contributed by atoms with Crippen molar-refractivity contribution >= 4 is 11.7 Å². The second kappa shape index (κ2) is 13.1. The number of piperidine rings is 1. The Morgan fingerprint density at radius 3 is 2.56 bits per heavy atom. The molecule has 1 saturated heterocycles. The number of pyridine rings is 1. The van der Waals surface area contributed by atoms with E-state index in [1.807, 2.05) is 32.9 Å². The van der Waals surface area contributed by atoms with E-state index in [-0.39, 0.29) is 12.1 Å². The molecule has 2 aliphatic rings. The van der Waals surface area contributed by atoms with Gasteiger partial charge in [0.2, 0.25) is 5.88 Å². The molecule has 8 nitrogen and oxygen atoms in total. The predicted octanol–water partition coefficient (Wildman–Crippen LogP) is 3.54. The van der Waals surface area contributed by atoms with Crippen LogP contribution in [0.15, 0.2) is 35.0 Å². The number of nitrogens with one attached hydrogen (secondary N) is 2. The molecule has 0 spiro atoms. The van der Waals surface area contributed by atoms with Crippen LogP contribution < -0.4 is 14.8 Å². The van der Waals surface area contributed by atoms with E-state index in [1.54, 1.807) is 26.5 Å². The van der Waals surface area contributed by atoms with Crippen LogP contribution in [0.4, 0.5) is 0 Å². The van der Waals surface area contributed by atoms with Crippen LogP contribution in [-0.4, -0.2) is 74.2 Å². The average molecular weight is 446 g/mol. The van der Waals surface area contributed by atoms with Gasteiger partial charge in [-0.2, -0.15) is 0 Å². The minimum atomic E-state index is 0.134. The van der Waals surface area contributed by atoms with E-state index in [4.69, 9.17) is 19.6 Å². The van der Waals surface area contributed by atoms with Crippen molar-refractivity contribution in [2.45, 2.75) is 52.7 Å². The highest BCUT2D eigenvalue weighted by atomic mass is 16.5. The highest BCUT2D eigenvalue weighted by molar-refractivity contribution is 6.04. The maximum Gasteiger partial charge on any atom is 0.213 e. The first-order valence-electron chi connectivity index (χ1n) is 11.5. The van der Waals surface area contributed by atoms with Crippen LogP contribution in [0, 0.1) is 11.3 Å². The summed E-state index contributed by atoms with van der Waals surface area (Å²) in [5.74, 6) is 3.14. The van der Waals surface area contributed by atoms with Gasteiger partial charge in [0.25, 0.3) is 0 Å². The maximum absolute atomic E-state index is 8.60. The third-order valence-electron chi connectivity index (χ3n) is 5.62. The molecule has 0 amide bonds. The Bertz CT molecular complexity index is 770. The topological polar surface area (TPSA) is 92.1 Å². The number of aromatic nitrogens is 1. The lowest BCUT2D eigenvalue weighted by Gasteiger charge is -2.34. The Kier molecular flexibility index (Phi) is 10.5. The fraction of sp³-hybridized carbons (Fsp3) is 0.625. The number of aliphatic imine (C=N–C) groups is 1. The van der Waals surface area contributed by atoms with E-state index in [0.29, 0.717) is 24.2 Å². The van der Waals surface area contributed by atoms with Crippen LogP contribution in [0.2, 0.25) is 0 Å². The Hall–Kier alpha value is -2.61. The van der Waals surface area contributed by atoms with Crippen molar-refractivity contribution < 1.29 is 14.2 Å². The van der Waals surface area contributed by atoms with Gasteiger partial charge in [-0.05, 0) is 30.6 Å². The van der Waals surface area contributed by atoms with Crippen molar-refractivity contribution in [2.75, 3.05) is 40.5 Å². The number of rotatable bonds is 7. The molecule has 2 unspecified atom stereocenters. The van der Waals surface area contributed by atoms with Crippen molar-refractivity contribution in [2.24, 2.45) is 10.9 Å². The van der Waals surface area contributed by atoms with E-state index >= 15 is 0 Å². The van der Waals surface area contributed by atoms with Crippen LogP contribution >= 0.6 is 0 Å². The molecule has 178 valence electrons. The van der Waals surface area contributed by atoms with Gasteiger partial charge in [0, 0.05) is 45.7 Å². The van der Waals surface area contributed by atoms with E-state index in [2.05, 4.69) is 27.1 Å². The van der Waals surface area contributed by atoms with Gasteiger partial charge in [0.05, 0.1) is 26.0 Å². The Morgan fingerprint density at radius 1 is 1.25 bits per heavy atom. The first-order valence-corrected chi connectivity index (χ1v) is 11.5. The number of hydrogen-bond donors (Lipinski definition) is 2. The summed E-state index contributed by atoms with van der Waals surface area (Å²) in [6.45, 7) is 11.2. The lowest BCUT2D eigenvalue weighted by molar-refractivity contribution is 0.130. The first kappa shape index (κ1) is 25.6. The molecular weight excluding hydrogens is 406 g/mol. The standard InChI is InChI=1S/C22H33N5O3.C2H6/c1-15(11-20-24-12-16(2)19(26-20)14-28-3)22(23)27-9-7-17(8-10-27)30-18-5-6-21(29-4)25-13-18;1-2/h5-6,11,13,16-17,19,23H,7-10,12,14H2,1-4H3,(H,24,26);1-2H3/b15-11-,23-22?;. The Labute approximate surface area is 192 Å². The van der Waals surface area contributed by atoms with Crippen molar-refractivity contribution in [1.29, 1.82) is 5.41 Å². The van der Waals surface area contributed by atoms with Gasteiger partial charge < -0.3 is 24.4 Å². The normalized spacial score (nSPS) is 21.6. The van der Waals surface area contributed by atoms with Crippen molar-refractivity contribution in [1.82, 2.24) is 15.2 Å². The molecule has 3 heterocycles. The van der Waals surface area contributed by atoms with Gasteiger partial charge in [0.1, 0.15) is 23.5 Å². The van der Waals surface area contributed by atoms with Gasteiger partial charge in [-0.15, -0.1) is 0 Å². The van der Waals surface area contributed by atoms with E-state index in [0.717, 1.165) is 49.6 Å². The molecule has 1 aromatic heterocycles. The van der Waals surface area contributed by atoms with E-state index in [9.17, 15) is 0 Å². The zero-order valence-corrected chi connectivity index (χ0v) is 20.4. The highest BCUT2D eigenvalue weighted by Crippen LogP contribution is 2.21. The summed E-state index contributed by atoms with van der Waals surface area (Å²) in [5, 5.41) is 12.0. The minimum absolute atomic E-state index is 0.134. The zero-order valence-electron chi connectivity index (χ0n) is 20.4. The third kappa shape index (κ3) is 7.22. The van der Waals surface area contributed by atoms with E-state index < -0.39 is 0 Å². The third-order valence-corrected chi connectivity index (χ3v) is 5.62. The molecule has 0 saturated carbocycles. The lowest BCUT2D eigenvalue weighted by Crippen LogP contribution is -2.47. The number of ether oxygens (including phenoxy) is 3. The Morgan fingerprint density at radius 2 is 1.97 bits per heavy atom. The first-order chi connectivity index (χ1) is 15.5. The minimum Gasteiger partial charge on any atom is -0.489 e. The van der Waals surface area contributed by atoms with Crippen LogP contribution in [-0.2, 0) is 4.74 Å². The van der Waals surface area contributed by atoms with Gasteiger partial charge in [-0.25, -0.2) is 4.98 Å². The van der Waals surface area contributed by atoms with Crippen LogP contribution in [0.1, 0.15) is 40.5 Å². The van der Waals surface area contributed by atoms with Gasteiger partial charge in [-0.3, -0.25) is 10.4 Å². The number of methoxy groups -OCH3 is 2. The summed E-state index contributed by atoms with van der Waals surface area (Å²) < 4.78 is 16.4. The van der Waals surface area contributed by atoms with E-state index in [1.165, 1.54) is 0 Å². The molecule has 1 fully saturated rings. The van der Waals surface area contributed by atoms with Crippen LogP contribution in [0.25, 0.3) is 0 Å². The number of hydrogen-bond acceptors (Lipinski definition) is 7. The molecule has 0 radical (unpaired) electrons. The lowest BCUT2D eigenvalue weighted by atomic mass is 10.0. The fourth-order valence-electron chi connectivity index (χ4n) is 3.69. The summed E-state index contributed by atoms with van der Waals surface area (Å²) in [6, 6.07) is 3.93. The fourth-order valence-corrected chi connectivity index (χ4v) is 3.69. The van der Waals surface area contributed by atoms with Gasteiger partial charge in [-0.1, -0.05) is 20.8 Å². The number of likely N-dealkylation sites (tertiary alicyclic amines) is 1. The van der Waals surface area contributed by atoms with Crippen molar-refractivity contribution in [3.8, 4) is 11.6 Å². The average Bonchev–Trinajstić information content (AvgIpc) is 2.83. The summed E-state index contributed by atoms with van der Waals surface area (Å²) in [7, 11) is 3.31. The quantitative estimate of drug-likeness (QED) is 0.493. The molecule has 2 atom stereocenters. The monoisotopic (exact) mass is 445 g/mol. The summed E-state index contributed by atoms with van der Waals surface area (Å²) in [4.78, 5) is 10.9. The summed E-state index contributed by atoms with van der Waals surface area (Å²) in [6.07, 6.45) is 5.54. The zero-order chi connectivity index (χ0) is 23.5. The van der Waals surface area contributed by atoms with Crippen LogP contribution in [0.3, 0.4) is 0 Å². The van der Waals surface area contributed by atoms with Crippen LogP contribution in [0.5, 0.6) is 11.6 Å². The molecule has 3 rings (SSSR count). The molecule has 32 heavy (non-hydrogen) atoms. The van der Waals surface area contributed by atoms with Gasteiger partial charge in [0.15, 0.2) is 0 Å². The molecular formula is C24H39N5O3. The second-order valence-electron chi connectivity index (χ2n) is 7.93. The molecule has 0 bridgehead atoms. The van der Waals surface area contributed by atoms with Crippen molar-refractivity contribution in [3.05, 3.63) is 30.0 Å². The predicted molar refractivity (Wildman–Crippen MR) is 129 cm³/mol. The molecule has 2 aliphatic heterocycles. The maximum atomic E-state index is 8.60. The molecule has 0 aromatic carbocycles. The number of nitrogens with zero attached hydrogens (tertiary/aromatic N) is 3. The van der Waals surface area contributed by atoms with Gasteiger partial charge >= 0.3 is 0 Å². The van der Waals surface area contributed by atoms with Crippen molar-refractivity contribution in [3.63, 3.8) is 0 Å². The Balaban J connectivity index is 0.00000176. The molecule has 0 aliphatic carbocycles. The molecule has 2 N–H and O–H groups in total. The second-order valence-corrected chi connectivity index (χ2v) is 7.93. The number of amidine groups is 2.